The number of sulfone groups is 1. The highest BCUT2D eigenvalue weighted by Gasteiger charge is 2.22. The van der Waals surface area contributed by atoms with Crippen LogP contribution in [0, 0.1) is 0 Å². The van der Waals surface area contributed by atoms with E-state index in [0.29, 0.717) is 6.54 Å². The number of nitrogens with one attached hydrogen (secondary N) is 1. The zero-order chi connectivity index (χ0) is 20.7. The Balaban J connectivity index is 0.00000320. The van der Waals surface area contributed by atoms with Gasteiger partial charge in [-0.1, -0.05) is 42.5 Å². The van der Waals surface area contributed by atoms with Crippen molar-refractivity contribution in [3.63, 3.8) is 0 Å². The molecule has 0 saturated carbocycles. The summed E-state index contributed by atoms with van der Waals surface area (Å²) in [7, 11) is -1.21. The van der Waals surface area contributed by atoms with Gasteiger partial charge in [0, 0.05) is 45.8 Å². The van der Waals surface area contributed by atoms with Crippen molar-refractivity contribution in [2.24, 2.45) is 4.99 Å². The number of halogens is 1. The van der Waals surface area contributed by atoms with Crippen molar-refractivity contribution in [1.82, 2.24) is 10.2 Å². The second-order valence-electron chi connectivity index (χ2n) is 7.40. The molecule has 1 aliphatic heterocycles. The highest BCUT2D eigenvalue weighted by atomic mass is 127. The lowest BCUT2D eigenvalue weighted by atomic mass is 10.1. The van der Waals surface area contributed by atoms with Crippen molar-refractivity contribution in [3.8, 4) is 5.75 Å². The molecule has 1 N–H and O–H groups in total. The van der Waals surface area contributed by atoms with Gasteiger partial charge in [0.05, 0.1) is 5.75 Å². The van der Waals surface area contributed by atoms with Gasteiger partial charge in [0.2, 0.25) is 0 Å². The molecule has 1 saturated heterocycles. The molecular formula is C22H30IN3O3S. The fourth-order valence-corrected chi connectivity index (χ4v) is 4.24. The molecular weight excluding hydrogens is 513 g/mol. The van der Waals surface area contributed by atoms with Crippen LogP contribution < -0.4 is 10.1 Å². The van der Waals surface area contributed by atoms with E-state index >= 15 is 0 Å². The minimum Gasteiger partial charge on any atom is -0.490 e. The Bertz CT molecular complexity index is 910. The predicted octanol–water partition coefficient (Wildman–Crippen LogP) is 3.47. The molecule has 0 unspecified atom stereocenters. The minimum absolute atomic E-state index is 0. The summed E-state index contributed by atoms with van der Waals surface area (Å²) in [6.45, 7) is 2.43. The number of hydrogen-bond donors (Lipinski definition) is 1. The molecule has 0 radical (unpaired) electrons. The lowest BCUT2D eigenvalue weighted by Gasteiger charge is -2.34. The van der Waals surface area contributed by atoms with Crippen LogP contribution in [-0.2, 0) is 22.1 Å². The molecule has 0 bridgehead atoms. The summed E-state index contributed by atoms with van der Waals surface area (Å²) in [6.07, 6.45) is 3.39. The lowest BCUT2D eigenvalue weighted by Crippen LogP contribution is -2.47. The van der Waals surface area contributed by atoms with E-state index in [-0.39, 0.29) is 35.8 Å². The Kier molecular flexibility index (Phi) is 9.41. The SMILES string of the molecule is CN=C(NCc1ccc(CS(C)(=O)=O)cc1)N1CCC(Oc2ccccc2)CC1.I. The number of hydrogen-bond acceptors (Lipinski definition) is 4. The topological polar surface area (TPSA) is 71.0 Å². The largest absolute Gasteiger partial charge is 0.490 e. The molecule has 164 valence electrons. The average Bonchev–Trinajstić information content (AvgIpc) is 2.70. The van der Waals surface area contributed by atoms with Crippen LogP contribution in [0.3, 0.4) is 0 Å². The summed E-state index contributed by atoms with van der Waals surface area (Å²) in [6, 6.07) is 17.6. The molecule has 8 heteroatoms. The number of para-hydroxylation sites is 1. The highest BCUT2D eigenvalue weighted by molar-refractivity contribution is 14.0. The van der Waals surface area contributed by atoms with Gasteiger partial charge in [-0.15, -0.1) is 24.0 Å². The first kappa shape index (κ1) is 24.5. The second-order valence-corrected chi connectivity index (χ2v) is 9.54. The Morgan fingerprint density at radius 3 is 2.23 bits per heavy atom. The van der Waals surface area contributed by atoms with Crippen molar-refractivity contribution in [1.29, 1.82) is 0 Å². The maximum Gasteiger partial charge on any atom is 0.193 e. The normalized spacial score (nSPS) is 15.4. The van der Waals surface area contributed by atoms with E-state index < -0.39 is 9.84 Å². The van der Waals surface area contributed by atoms with Gasteiger partial charge < -0.3 is 15.0 Å². The molecule has 1 heterocycles. The molecule has 0 amide bonds. The van der Waals surface area contributed by atoms with Crippen LogP contribution in [0.25, 0.3) is 0 Å². The number of ether oxygens (including phenoxy) is 1. The van der Waals surface area contributed by atoms with E-state index in [9.17, 15) is 8.42 Å². The number of nitrogens with zero attached hydrogens (tertiary/aromatic N) is 2. The van der Waals surface area contributed by atoms with E-state index in [4.69, 9.17) is 4.74 Å². The standard InChI is InChI=1S/C22H29N3O3S.HI/c1-23-22(24-16-18-8-10-19(11-9-18)17-29(2,26)27)25-14-12-21(13-15-25)28-20-6-4-3-5-7-20;/h3-11,21H,12-17H2,1-2H3,(H,23,24);1H. The first-order valence-electron chi connectivity index (χ1n) is 9.86. The van der Waals surface area contributed by atoms with Crippen molar-refractivity contribution in [3.05, 3.63) is 65.7 Å². The molecule has 1 fully saturated rings. The predicted molar refractivity (Wildman–Crippen MR) is 132 cm³/mol. The van der Waals surface area contributed by atoms with Crippen molar-refractivity contribution >= 4 is 39.8 Å². The summed E-state index contributed by atoms with van der Waals surface area (Å²) in [5.41, 5.74) is 1.90. The van der Waals surface area contributed by atoms with Crippen LogP contribution >= 0.6 is 24.0 Å². The molecule has 0 atom stereocenters. The van der Waals surface area contributed by atoms with Gasteiger partial charge in [-0.25, -0.2) is 8.42 Å². The van der Waals surface area contributed by atoms with Gasteiger partial charge in [0.25, 0.3) is 0 Å². The van der Waals surface area contributed by atoms with Crippen LogP contribution in [0.2, 0.25) is 0 Å². The van der Waals surface area contributed by atoms with Crippen LogP contribution in [0.15, 0.2) is 59.6 Å². The van der Waals surface area contributed by atoms with E-state index in [1.807, 2.05) is 54.6 Å². The first-order valence-corrected chi connectivity index (χ1v) is 11.9. The zero-order valence-electron chi connectivity index (χ0n) is 17.5. The van der Waals surface area contributed by atoms with Gasteiger partial charge in [0.15, 0.2) is 15.8 Å². The Hall–Kier alpha value is -1.81. The Morgan fingerprint density at radius 1 is 1.07 bits per heavy atom. The number of benzene rings is 2. The van der Waals surface area contributed by atoms with Crippen molar-refractivity contribution < 1.29 is 13.2 Å². The zero-order valence-corrected chi connectivity index (χ0v) is 20.6. The molecule has 0 aromatic heterocycles. The fraction of sp³-hybridized carbons (Fsp3) is 0.409. The third kappa shape index (κ3) is 7.79. The average molecular weight is 543 g/mol. The molecule has 0 aliphatic carbocycles. The van der Waals surface area contributed by atoms with Crippen LogP contribution in [0.1, 0.15) is 24.0 Å². The van der Waals surface area contributed by atoms with Crippen LogP contribution in [-0.4, -0.2) is 51.8 Å². The maximum absolute atomic E-state index is 11.4. The number of aliphatic imine (C=N–C) groups is 1. The quantitative estimate of drug-likeness (QED) is 0.344. The molecule has 2 aromatic carbocycles. The number of piperidine rings is 1. The maximum atomic E-state index is 11.4. The van der Waals surface area contributed by atoms with Crippen molar-refractivity contribution in [2.45, 2.75) is 31.2 Å². The lowest BCUT2D eigenvalue weighted by molar-refractivity contribution is 0.129. The van der Waals surface area contributed by atoms with Crippen LogP contribution in [0.4, 0.5) is 0 Å². The summed E-state index contributed by atoms with van der Waals surface area (Å²) >= 11 is 0. The summed E-state index contributed by atoms with van der Waals surface area (Å²) < 4.78 is 28.9. The van der Waals surface area contributed by atoms with E-state index in [0.717, 1.165) is 48.8 Å². The molecule has 30 heavy (non-hydrogen) atoms. The van der Waals surface area contributed by atoms with Gasteiger partial charge in [-0.05, 0) is 23.3 Å². The van der Waals surface area contributed by atoms with E-state index in [1.54, 1.807) is 7.05 Å². The third-order valence-corrected chi connectivity index (χ3v) is 5.76. The van der Waals surface area contributed by atoms with Gasteiger partial charge >= 0.3 is 0 Å². The molecule has 0 spiro atoms. The summed E-state index contributed by atoms with van der Waals surface area (Å²) in [5.74, 6) is 1.87. The third-order valence-electron chi connectivity index (χ3n) is 4.90. The smallest absolute Gasteiger partial charge is 0.193 e. The molecule has 3 rings (SSSR count). The van der Waals surface area contributed by atoms with Crippen LogP contribution in [0.5, 0.6) is 5.75 Å². The Labute approximate surface area is 196 Å². The second kappa shape index (κ2) is 11.5. The minimum atomic E-state index is -3.01. The number of likely N-dealkylation sites (tertiary alicyclic amines) is 1. The first-order chi connectivity index (χ1) is 13.9. The van der Waals surface area contributed by atoms with E-state index in [1.165, 1.54) is 6.26 Å². The number of guanidine groups is 1. The monoisotopic (exact) mass is 543 g/mol. The summed E-state index contributed by atoms with van der Waals surface area (Å²) in [5, 5.41) is 3.40. The molecule has 6 nitrogen and oxygen atoms in total. The van der Waals surface area contributed by atoms with E-state index in [2.05, 4.69) is 15.2 Å². The highest BCUT2D eigenvalue weighted by Crippen LogP contribution is 2.18. The summed E-state index contributed by atoms with van der Waals surface area (Å²) in [4.78, 5) is 6.67. The molecule has 1 aliphatic rings. The Morgan fingerprint density at radius 2 is 1.67 bits per heavy atom. The van der Waals surface area contributed by atoms with Gasteiger partial charge in [0.1, 0.15) is 11.9 Å². The number of rotatable bonds is 6. The fourth-order valence-electron chi connectivity index (χ4n) is 3.45. The molecule has 2 aromatic rings. The van der Waals surface area contributed by atoms with Crippen molar-refractivity contribution in [2.75, 3.05) is 26.4 Å². The van der Waals surface area contributed by atoms with Gasteiger partial charge in [-0.3, -0.25) is 4.99 Å². The van der Waals surface area contributed by atoms with Gasteiger partial charge in [-0.2, -0.15) is 0 Å².